The second kappa shape index (κ2) is 6.75. The van der Waals surface area contributed by atoms with Gasteiger partial charge in [0.05, 0.1) is 24.5 Å². The molecule has 0 radical (unpaired) electrons. The number of ether oxygens (including phenoxy) is 1. The van der Waals surface area contributed by atoms with Crippen LogP contribution >= 0.6 is 0 Å². The van der Waals surface area contributed by atoms with Gasteiger partial charge in [-0.05, 0) is 69.1 Å². The highest BCUT2D eigenvalue weighted by Crippen LogP contribution is 2.76. The molecular weight excluding hydrogens is 408 g/mol. The molecule has 8 atom stereocenters. The number of aliphatic hydroxyl groups excluding tert-OH is 2. The van der Waals surface area contributed by atoms with Crippen molar-refractivity contribution in [3.8, 4) is 0 Å². The molecule has 0 aromatic heterocycles. The molecule has 4 rings (SSSR count). The molecule has 3 saturated carbocycles. The molecule has 4 aliphatic carbocycles. The van der Waals surface area contributed by atoms with Crippen molar-refractivity contribution in [1.82, 2.24) is 0 Å². The van der Waals surface area contributed by atoms with Gasteiger partial charge in [0.1, 0.15) is 5.41 Å². The summed E-state index contributed by atoms with van der Waals surface area (Å²) in [5.74, 6) is -2.36. The van der Waals surface area contributed by atoms with E-state index in [1.165, 1.54) is 7.11 Å². The van der Waals surface area contributed by atoms with Gasteiger partial charge in [-0.3, -0.25) is 14.4 Å². The van der Waals surface area contributed by atoms with Crippen LogP contribution in [0.3, 0.4) is 0 Å². The van der Waals surface area contributed by atoms with Crippen molar-refractivity contribution < 1.29 is 29.3 Å². The maximum atomic E-state index is 14.0. The predicted octanol–water partition coefficient (Wildman–Crippen LogP) is 3.09. The van der Waals surface area contributed by atoms with Gasteiger partial charge >= 0.3 is 5.97 Å². The third kappa shape index (κ3) is 2.17. The molecule has 178 valence electrons. The molecule has 0 spiro atoms. The van der Waals surface area contributed by atoms with Crippen LogP contribution < -0.4 is 0 Å². The Labute approximate surface area is 190 Å². The van der Waals surface area contributed by atoms with Gasteiger partial charge in [-0.2, -0.15) is 0 Å². The van der Waals surface area contributed by atoms with E-state index in [9.17, 15) is 24.6 Å². The van der Waals surface area contributed by atoms with Gasteiger partial charge in [-0.15, -0.1) is 0 Å². The zero-order chi connectivity index (χ0) is 24.1. The fourth-order valence-electron chi connectivity index (χ4n) is 9.01. The minimum atomic E-state index is -1.62. The molecule has 3 fully saturated rings. The number of fused-ring (bicyclic) bond motifs is 5. The molecular formula is C26H38O6. The Bertz CT molecular complexity index is 919. The number of ketones is 2. The molecule has 0 bridgehead atoms. The quantitative estimate of drug-likeness (QED) is 0.384. The largest absolute Gasteiger partial charge is 0.468 e. The van der Waals surface area contributed by atoms with E-state index >= 15 is 0 Å². The third-order valence-corrected chi connectivity index (χ3v) is 10.8. The lowest BCUT2D eigenvalue weighted by Gasteiger charge is -2.68. The molecule has 6 nitrogen and oxygen atoms in total. The number of hydrogen-bond acceptors (Lipinski definition) is 6. The monoisotopic (exact) mass is 446 g/mol. The molecule has 0 amide bonds. The lowest BCUT2D eigenvalue weighted by atomic mass is 9.33. The van der Waals surface area contributed by atoms with Crippen LogP contribution in [0.2, 0.25) is 0 Å². The first-order valence-corrected chi connectivity index (χ1v) is 11.9. The van der Waals surface area contributed by atoms with Gasteiger partial charge in [0, 0.05) is 12.0 Å². The van der Waals surface area contributed by atoms with Crippen LogP contribution in [0.15, 0.2) is 11.6 Å². The van der Waals surface area contributed by atoms with Crippen molar-refractivity contribution >= 4 is 17.5 Å². The lowest BCUT2D eigenvalue weighted by Crippen LogP contribution is -2.70. The number of hydrogen-bond donors (Lipinski definition) is 2. The van der Waals surface area contributed by atoms with E-state index in [0.717, 1.165) is 0 Å². The molecule has 0 aromatic carbocycles. The first kappa shape index (κ1) is 23.6. The van der Waals surface area contributed by atoms with Crippen molar-refractivity contribution in [2.24, 2.45) is 44.8 Å². The molecule has 4 aliphatic rings. The number of allylic oxidation sites excluding steroid dienone is 2. The number of esters is 1. The highest BCUT2D eigenvalue weighted by Gasteiger charge is 2.82. The van der Waals surface area contributed by atoms with E-state index in [4.69, 9.17) is 4.74 Å². The van der Waals surface area contributed by atoms with Crippen LogP contribution in [0.1, 0.15) is 67.2 Å². The Morgan fingerprint density at radius 3 is 2.31 bits per heavy atom. The van der Waals surface area contributed by atoms with Gasteiger partial charge in [-0.1, -0.05) is 32.4 Å². The average Bonchev–Trinajstić information content (AvgIpc) is 2.91. The van der Waals surface area contributed by atoms with Crippen LogP contribution in [0.4, 0.5) is 0 Å². The summed E-state index contributed by atoms with van der Waals surface area (Å²) >= 11 is 0. The average molecular weight is 447 g/mol. The molecule has 0 aromatic rings. The second-order valence-corrected chi connectivity index (χ2v) is 11.9. The summed E-state index contributed by atoms with van der Waals surface area (Å²) in [5, 5.41) is 21.7. The van der Waals surface area contributed by atoms with Crippen LogP contribution in [0, 0.1) is 44.8 Å². The maximum Gasteiger partial charge on any atom is 0.321 e. The fraction of sp³-hybridized carbons (Fsp3) is 0.808. The van der Waals surface area contributed by atoms with E-state index in [-0.39, 0.29) is 30.0 Å². The first-order chi connectivity index (χ1) is 14.7. The summed E-state index contributed by atoms with van der Waals surface area (Å²) in [4.78, 5) is 41.2. The molecule has 0 aliphatic heterocycles. The van der Waals surface area contributed by atoms with Crippen molar-refractivity contribution in [3.63, 3.8) is 0 Å². The zero-order valence-electron chi connectivity index (χ0n) is 20.4. The van der Waals surface area contributed by atoms with Gasteiger partial charge in [0.25, 0.3) is 0 Å². The third-order valence-electron chi connectivity index (χ3n) is 10.8. The van der Waals surface area contributed by atoms with Gasteiger partial charge in [0.2, 0.25) is 0 Å². The van der Waals surface area contributed by atoms with Crippen LogP contribution in [0.25, 0.3) is 0 Å². The summed E-state index contributed by atoms with van der Waals surface area (Å²) in [6.45, 7) is 11.2. The molecule has 6 heteroatoms. The normalized spacial score (nSPS) is 49.6. The molecule has 32 heavy (non-hydrogen) atoms. The minimum absolute atomic E-state index is 0.0227. The molecule has 0 unspecified atom stereocenters. The summed E-state index contributed by atoms with van der Waals surface area (Å²) in [7, 11) is 1.29. The Balaban J connectivity index is 2.05. The standard InChI is InChI=1S/C26H38O6/c1-14-12-17-23(5,10-8-16-22(3,4)18(28)9-11-25(16,17)13-27)26(21(31)32-7)20(30)15(2)19(29)24(14,26)6/h12,15-18,27-28H,8-11,13H2,1-7H3/t15-,16+,17+,18+,23+,24+,25-,26+/m1/s1. The maximum absolute atomic E-state index is 14.0. The highest BCUT2D eigenvalue weighted by atomic mass is 16.5. The molecule has 2 N–H and O–H groups in total. The number of rotatable bonds is 2. The van der Waals surface area contributed by atoms with E-state index in [1.807, 2.05) is 13.8 Å². The predicted molar refractivity (Wildman–Crippen MR) is 118 cm³/mol. The number of Topliss-reactive ketones (excluding diaryl/α,β-unsaturated/α-hetero) is 2. The Kier molecular flexibility index (Phi) is 4.99. The number of aliphatic hydroxyl groups is 2. The van der Waals surface area contributed by atoms with E-state index in [2.05, 4.69) is 19.9 Å². The smallest absolute Gasteiger partial charge is 0.321 e. The second-order valence-electron chi connectivity index (χ2n) is 11.9. The van der Waals surface area contributed by atoms with Crippen LogP contribution in [-0.2, 0) is 19.1 Å². The van der Waals surface area contributed by atoms with Crippen molar-refractivity contribution in [2.75, 3.05) is 13.7 Å². The summed E-state index contributed by atoms with van der Waals surface area (Å²) in [6.07, 6.45) is 3.97. The number of carbonyl (C=O) groups excluding carboxylic acids is 3. The molecule has 0 heterocycles. The minimum Gasteiger partial charge on any atom is -0.468 e. The zero-order valence-corrected chi connectivity index (χ0v) is 20.4. The topological polar surface area (TPSA) is 101 Å². The summed E-state index contributed by atoms with van der Waals surface area (Å²) < 4.78 is 5.31. The van der Waals surface area contributed by atoms with Gasteiger partial charge in [0.15, 0.2) is 11.6 Å². The van der Waals surface area contributed by atoms with Crippen LogP contribution in [-0.4, -0.2) is 47.6 Å². The number of carbonyl (C=O) groups is 3. The van der Waals surface area contributed by atoms with E-state index in [1.54, 1.807) is 13.8 Å². The van der Waals surface area contributed by atoms with Crippen molar-refractivity contribution in [2.45, 2.75) is 73.3 Å². The van der Waals surface area contributed by atoms with Gasteiger partial charge in [-0.25, -0.2) is 0 Å². The SMILES string of the molecule is COC(=O)[C@]12C(=O)[C@H](C)C(=O)[C@]1(C)C(C)=C[C@@H]1[C@@]3(CO)CC[C@H](O)C(C)(C)[C@@H]3CC[C@@]12C. The van der Waals surface area contributed by atoms with Crippen LogP contribution in [0.5, 0.6) is 0 Å². The Hall–Kier alpha value is -1.53. The van der Waals surface area contributed by atoms with Crippen molar-refractivity contribution in [3.05, 3.63) is 11.6 Å². The fourth-order valence-corrected chi connectivity index (χ4v) is 9.01. The van der Waals surface area contributed by atoms with Gasteiger partial charge < -0.3 is 14.9 Å². The Morgan fingerprint density at radius 2 is 1.75 bits per heavy atom. The van der Waals surface area contributed by atoms with E-state index in [0.29, 0.717) is 31.3 Å². The summed E-state index contributed by atoms with van der Waals surface area (Å²) in [5.41, 5.74) is -4.06. The summed E-state index contributed by atoms with van der Waals surface area (Å²) in [6, 6.07) is 0. The first-order valence-electron chi connectivity index (χ1n) is 11.9. The van der Waals surface area contributed by atoms with E-state index < -0.39 is 45.1 Å². The number of methoxy groups -OCH3 is 1. The van der Waals surface area contributed by atoms with Crippen molar-refractivity contribution in [1.29, 1.82) is 0 Å². The Morgan fingerprint density at radius 1 is 1.12 bits per heavy atom. The lowest BCUT2D eigenvalue weighted by molar-refractivity contribution is -0.225. The highest BCUT2D eigenvalue weighted by molar-refractivity contribution is 6.25. The molecule has 0 saturated heterocycles.